The number of piperidine rings is 1. The van der Waals surface area contributed by atoms with Crippen LogP contribution in [0, 0.1) is 5.92 Å². The summed E-state index contributed by atoms with van der Waals surface area (Å²) in [5.74, 6) is -2.02. The van der Waals surface area contributed by atoms with Crippen LogP contribution in [-0.4, -0.2) is 50.5 Å². The molecular formula is C26H27F6N3O3. The van der Waals surface area contributed by atoms with E-state index in [9.17, 15) is 35.9 Å². The predicted molar refractivity (Wildman–Crippen MR) is 126 cm³/mol. The fourth-order valence-corrected chi connectivity index (χ4v) is 5.12. The van der Waals surface area contributed by atoms with Crippen molar-refractivity contribution in [3.8, 4) is 5.75 Å². The van der Waals surface area contributed by atoms with Gasteiger partial charge < -0.3 is 20.3 Å². The lowest BCUT2D eigenvalue weighted by Gasteiger charge is -2.40. The van der Waals surface area contributed by atoms with Crippen LogP contribution in [0.5, 0.6) is 5.75 Å². The third kappa shape index (κ3) is 5.59. The third-order valence-corrected chi connectivity index (χ3v) is 7.14. The van der Waals surface area contributed by atoms with E-state index in [-0.39, 0.29) is 23.1 Å². The van der Waals surface area contributed by atoms with Crippen LogP contribution >= 0.6 is 0 Å². The van der Waals surface area contributed by atoms with Crippen LogP contribution in [0.25, 0.3) is 0 Å². The maximum absolute atomic E-state index is 13.6. The molecule has 1 saturated heterocycles. The molecule has 1 fully saturated rings. The Kier molecular flexibility index (Phi) is 7.64. The van der Waals surface area contributed by atoms with Crippen molar-refractivity contribution in [1.82, 2.24) is 15.5 Å². The van der Waals surface area contributed by atoms with Crippen LogP contribution in [0.2, 0.25) is 0 Å². The van der Waals surface area contributed by atoms with Gasteiger partial charge in [0.25, 0.3) is 5.91 Å². The monoisotopic (exact) mass is 543 g/mol. The summed E-state index contributed by atoms with van der Waals surface area (Å²) in [6, 6.07) is 4.12. The Labute approximate surface area is 215 Å². The molecule has 0 spiro atoms. The van der Waals surface area contributed by atoms with Crippen molar-refractivity contribution >= 4 is 11.8 Å². The number of likely N-dealkylation sites (N-methyl/N-ethyl adjacent to an activating group) is 1. The van der Waals surface area contributed by atoms with Crippen LogP contribution in [0.15, 0.2) is 36.4 Å². The number of nitrogens with one attached hydrogen (secondary N) is 2. The predicted octanol–water partition coefficient (Wildman–Crippen LogP) is 4.76. The second kappa shape index (κ2) is 10.5. The number of rotatable bonds is 5. The molecule has 2 heterocycles. The average Bonchev–Trinajstić information content (AvgIpc) is 2.88. The van der Waals surface area contributed by atoms with Crippen LogP contribution in [0.3, 0.4) is 0 Å². The minimum atomic E-state index is -5.08. The normalized spacial score (nSPS) is 20.7. The Bertz CT molecular complexity index is 1180. The van der Waals surface area contributed by atoms with Gasteiger partial charge in [-0.2, -0.15) is 26.3 Å². The van der Waals surface area contributed by atoms with Crippen molar-refractivity contribution in [2.75, 3.05) is 33.8 Å². The molecule has 2 aromatic carbocycles. The molecule has 12 heteroatoms. The van der Waals surface area contributed by atoms with Crippen LogP contribution < -0.4 is 15.4 Å². The zero-order valence-corrected chi connectivity index (χ0v) is 20.7. The number of halogens is 6. The topological polar surface area (TPSA) is 70.7 Å². The third-order valence-electron chi connectivity index (χ3n) is 7.14. The second-order valence-corrected chi connectivity index (χ2v) is 9.57. The van der Waals surface area contributed by atoms with E-state index >= 15 is 0 Å². The molecule has 0 aromatic heterocycles. The van der Waals surface area contributed by atoms with E-state index in [0.29, 0.717) is 24.4 Å². The summed E-state index contributed by atoms with van der Waals surface area (Å²) in [6.45, 7) is 1.84. The summed E-state index contributed by atoms with van der Waals surface area (Å²) in [4.78, 5) is 27.9. The maximum Gasteiger partial charge on any atom is 0.416 e. The Balaban J connectivity index is 1.83. The number of hydrogen-bond acceptors (Lipinski definition) is 4. The number of carbonyl (C=O) groups is 2. The first-order valence-electron chi connectivity index (χ1n) is 12.0. The SMILES string of the molecule is COc1ccc2c(c1)C(=O)N(C)C(c1cc(C(F)(F)F)cc(C(F)(F)F)c1)C2C(=O)NCC1CCNCC1. The molecule has 2 amide bonds. The molecule has 2 atom stereocenters. The van der Waals surface area contributed by atoms with E-state index in [1.807, 2.05) is 0 Å². The fourth-order valence-electron chi connectivity index (χ4n) is 5.12. The summed E-state index contributed by atoms with van der Waals surface area (Å²) in [5.41, 5.74) is -3.18. The molecular weight excluding hydrogens is 516 g/mol. The van der Waals surface area contributed by atoms with Gasteiger partial charge in [0.05, 0.1) is 30.2 Å². The molecule has 38 heavy (non-hydrogen) atoms. The lowest BCUT2D eigenvalue weighted by molar-refractivity contribution is -0.143. The van der Waals surface area contributed by atoms with Crippen molar-refractivity contribution in [3.63, 3.8) is 0 Å². The molecule has 2 N–H and O–H groups in total. The number of benzene rings is 2. The van der Waals surface area contributed by atoms with E-state index in [2.05, 4.69) is 10.6 Å². The second-order valence-electron chi connectivity index (χ2n) is 9.57. The van der Waals surface area contributed by atoms with Gasteiger partial charge in [-0.25, -0.2) is 0 Å². The first kappa shape index (κ1) is 27.7. The number of nitrogens with zero attached hydrogens (tertiary/aromatic N) is 1. The van der Waals surface area contributed by atoms with Gasteiger partial charge in [-0.3, -0.25) is 9.59 Å². The van der Waals surface area contributed by atoms with Crippen LogP contribution in [0.1, 0.15) is 57.4 Å². The highest BCUT2D eigenvalue weighted by Crippen LogP contribution is 2.46. The number of methoxy groups -OCH3 is 1. The molecule has 2 unspecified atom stereocenters. The van der Waals surface area contributed by atoms with E-state index in [1.165, 1.54) is 32.4 Å². The highest BCUT2D eigenvalue weighted by molar-refractivity contribution is 6.01. The van der Waals surface area contributed by atoms with Crippen LogP contribution in [-0.2, 0) is 17.1 Å². The Morgan fingerprint density at radius 3 is 2.18 bits per heavy atom. The van der Waals surface area contributed by atoms with Crippen molar-refractivity contribution in [1.29, 1.82) is 0 Å². The standard InChI is InChI=1S/C26H27F6N3O3/c1-35-22(15-9-16(25(27,28)29)11-17(10-15)26(30,31)32)21(23(36)34-13-14-5-7-33-8-6-14)19-4-3-18(38-2)12-20(19)24(35)37/h3-4,9-12,14,21-22,33H,5-8,13H2,1-2H3,(H,34,36). The summed E-state index contributed by atoms with van der Waals surface area (Å²) in [7, 11) is 2.64. The smallest absolute Gasteiger partial charge is 0.416 e. The molecule has 2 aliphatic rings. The first-order chi connectivity index (χ1) is 17.8. The zero-order chi connectivity index (χ0) is 27.8. The quantitative estimate of drug-likeness (QED) is 0.534. The molecule has 0 radical (unpaired) electrons. The van der Waals surface area contributed by atoms with Crippen molar-refractivity contribution < 1.29 is 40.7 Å². The Morgan fingerprint density at radius 2 is 1.63 bits per heavy atom. The number of carbonyl (C=O) groups excluding carboxylic acids is 2. The minimum absolute atomic E-state index is 0.0269. The number of amides is 2. The van der Waals surface area contributed by atoms with Crippen molar-refractivity contribution in [2.24, 2.45) is 5.92 Å². The lowest BCUT2D eigenvalue weighted by atomic mass is 9.78. The van der Waals surface area contributed by atoms with E-state index in [1.54, 1.807) is 0 Å². The molecule has 6 nitrogen and oxygen atoms in total. The highest BCUT2D eigenvalue weighted by Gasteiger charge is 2.45. The molecule has 0 saturated carbocycles. The largest absolute Gasteiger partial charge is 0.497 e. The van der Waals surface area contributed by atoms with Gasteiger partial charge >= 0.3 is 12.4 Å². The van der Waals surface area contributed by atoms with Gasteiger partial charge in [0, 0.05) is 19.2 Å². The summed E-state index contributed by atoms with van der Waals surface area (Å²) in [6.07, 6.45) is -8.54. The first-order valence-corrected chi connectivity index (χ1v) is 12.0. The van der Waals surface area contributed by atoms with Crippen molar-refractivity contribution in [2.45, 2.75) is 37.2 Å². The van der Waals surface area contributed by atoms with E-state index < -0.39 is 52.8 Å². The van der Waals surface area contributed by atoms with E-state index in [0.717, 1.165) is 30.8 Å². The highest BCUT2D eigenvalue weighted by atomic mass is 19.4. The molecule has 0 bridgehead atoms. The molecule has 206 valence electrons. The number of alkyl halides is 6. The van der Waals surface area contributed by atoms with Crippen LogP contribution in [0.4, 0.5) is 26.3 Å². The number of hydrogen-bond donors (Lipinski definition) is 2. The van der Waals surface area contributed by atoms with Gasteiger partial charge in [0.1, 0.15) is 5.75 Å². The van der Waals surface area contributed by atoms with Gasteiger partial charge in [-0.05, 0) is 73.3 Å². The molecule has 2 aliphatic heterocycles. The van der Waals surface area contributed by atoms with Gasteiger partial charge in [-0.15, -0.1) is 0 Å². The zero-order valence-electron chi connectivity index (χ0n) is 20.7. The molecule has 0 aliphatic carbocycles. The number of ether oxygens (including phenoxy) is 1. The summed E-state index contributed by atoms with van der Waals surface area (Å²) < 4.78 is 87.0. The Hall–Kier alpha value is -3.28. The fraction of sp³-hybridized carbons (Fsp3) is 0.462. The van der Waals surface area contributed by atoms with Gasteiger partial charge in [0.2, 0.25) is 5.91 Å². The molecule has 2 aromatic rings. The average molecular weight is 544 g/mol. The number of fused-ring (bicyclic) bond motifs is 1. The van der Waals surface area contributed by atoms with E-state index in [4.69, 9.17) is 4.74 Å². The summed E-state index contributed by atoms with van der Waals surface area (Å²) in [5, 5.41) is 6.05. The molecule has 4 rings (SSSR count). The van der Waals surface area contributed by atoms with Gasteiger partial charge in [-0.1, -0.05) is 6.07 Å². The van der Waals surface area contributed by atoms with Crippen molar-refractivity contribution in [3.05, 3.63) is 64.2 Å². The lowest BCUT2D eigenvalue weighted by Crippen LogP contribution is -2.47. The minimum Gasteiger partial charge on any atom is -0.497 e. The van der Waals surface area contributed by atoms with Gasteiger partial charge in [0.15, 0.2) is 0 Å². The summed E-state index contributed by atoms with van der Waals surface area (Å²) >= 11 is 0. The Morgan fingerprint density at radius 1 is 1.03 bits per heavy atom. The maximum atomic E-state index is 13.6.